The minimum Gasteiger partial charge on any atom is -0.454 e. The summed E-state index contributed by atoms with van der Waals surface area (Å²) >= 11 is 11.8. The van der Waals surface area contributed by atoms with Crippen molar-refractivity contribution in [3.8, 4) is 0 Å². The number of esters is 1. The lowest BCUT2D eigenvalue weighted by Crippen LogP contribution is -2.44. The number of hydrogen-bond donors (Lipinski definition) is 1. The van der Waals surface area contributed by atoms with E-state index in [1.807, 2.05) is 0 Å². The van der Waals surface area contributed by atoms with Gasteiger partial charge in [0.05, 0.1) is 26.1 Å². The number of imide groups is 1. The van der Waals surface area contributed by atoms with Gasteiger partial charge in [-0.1, -0.05) is 35.3 Å². The predicted molar refractivity (Wildman–Crippen MR) is 109 cm³/mol. The monoisotopic (exact) mass is 465 g/mol. The molecule has 0 radical (unpaired) electrons. The van der Waals surface area contributed by atoms with Crippen molar-refractivity contribution in [1.29, 1.82) is 0 Å². The molecular weight excluding hydrogens is 453 g/mol. The summed E-state index contributed by atoms with van der Waals surface area (Å²) in [6, 6.07) is 6.55. The van der Waals surface area contributed by atoms with E-state index in [4.69, 9.17) is 27.9 Å². The summed E-state index contributed by atoms with van der Waals surface area (Å²) in [5.74, 6) is -3.38. The van der Waals surface area contributed by atoms with Crippen molar-refractivity contribution >= 4 is 58.3 Å². The highest BCUT2D eigenvalue weighted by atomic mass is 35.5. The third-order valence-electron chi connectivity index (χ3n) is 4.41. The number of fused-ring (bicyclic) bond motifs is 1. The van der Waals surface area contributed by atoms with Crippen molar-refractivity contribution in [2.75, 3.05) is 11.9 Å². The fraction of sp³-hybridized carbons (Fsp3) is 0.158. The molecule has 3 amide bonds. The van der Waals surface area contributed by atoms with E-state index in [2.05, 4.69) is 5.32 Å². The second-order valence-corrected chi connectivity index (χ2v) is 7.21. The molecule has 0 aliphatic carbocycles. The van der Waals surface area contributed by atoms with E-state index in [1.165, 1.54) is 43.3 Å². The van der Waals surface area contributed by atoms with Crippen LogP contribution in [0.3, 0.4) is 0 Å². The second-order valence-electron chi connectivity index (χ2n) is 6.40. The molecule has 0 fully saturated rings. The Labute approximate surface area is 184 Å². The second kappa shape index (κ2) is 8.70. The van der Waals surface area contributed by atoms with E-state index in [0.717, 1.165) is 0 Å². The quantitative estimate of drug-likeness (QED) is 0.299. The SMILES string of the molecule is C[C@@H](C(=O)OCC(=O)Nc1ccccc1[N+](=O)[O-])N1C(=O)c2cc(Cl)c(Cl)cc2C1=O. The van der Waals surface area contributed by atoms with E-state index < -0.39 is 41.3 Å². The number of benzene rings is 2. The lowest BCUT2D eigenvalue weighted by Gasteiger charge is -2.20. The van der Waals surface area contributed by atoms with Crippen LogP contribution in [-0.4, -0.2) is 46.2 Å². The Morgan fingerprint density at radius 2 is 1.68 bits per heavy atom. The Hall–Kier alpha value is -3.50. The summed E-state index contributed by atoms with van der Waals surface area (Å²) in [7, 11) is 0. The highest BCUT2D eigenvalue weighted by Crippen LogP contribution is 2.32. The Balaban J connectivity index is 1.65. The lowest BCUT2D eigenvalue weighted by atomic mass is 10.1. The number of carbonyl (C=O) groups is 4. The molecule has 0 bridgehead atoms. The number of nitrogens with one attached hydrogen (secondary N) is 1. The Bertz CT molecular complexity index is 1090. The standard InChI is InChI=1S/C19H13Cl2N3O7/c1-9(23-17(26)10-6-12(20)13(21)7-11(10)18(23)27)19(28)31-8-16(25)22-14-4-2-3-5-15(14)24(29)30/h2-7,9H,8H2,1H3,(H,22,25)/t9-/m0/s1. The molecular formula is C19H13Cl2N3O7. The first-order chi connectivity index (χ1) is 14.6. The summed E-state index contributed by atoms with van der Waals surface area (Å²) in [5.41, 5.74) is -0.420. The fourth-order valence-corrected chi connectivity index (χ4v) is 3.22. The number of ether oxygens (including phenoxy) is 1. The summed E-state index contributed by atoms with van der Waals surface area (Å²) in [4.78, 5) is 60.4. The zero-order valence-electron chi connectivity index (χ0n) is 15.8. The first-order valence-electron chi connectivity index (χ1n) is 8.68. The number of rotatable bonds is 6. The molecule has 160 valence electrons. The molecule has 1 atom stereocenters. The number of nitro groups is 1. The van der Waals surface area contributed by atoms with Crippen LogP contribution < -0.4 is 5.32 Å². The minimum atomic E-state index is -1.34. The minimum absolute atomic E-state index is 0.00631. The van der Waals surface area contributed by atoms with Crippen LogP contribution in [0.1, 0.15) is 27.6 Å². The molecule has 1 aliphatic heterocycles. The third kappa shape index (κ3) is 4.35. The molecule has 3 rings (SSSR count). The molecule has 12 heteroatoms. The largest absolute Gasteiger partial charge is 0.454 e. The van der Waals surface area contributed by atoms with Crippen LogP contribution in [0.25, 0.3) is 0 Å². The van der Waals surface area contributed by atoms with Crippen LogP contribution in [0.15, 0.2) is 36.4 Å². The first kappa shape index (κ1) is 22.2. The van der Waals surface area contributed by atoms with E-state index in [-0.39, 0.29) is 32.5 Å². The highest BCUT2D eigenvalue weighted by Gasteiger charge is 2.42. The molecule has 31 heavy (non-hydrogen) atoms. The van der Waals surface area contributed by atoms with Crippen molar-refractivity contribution in [1.82, 2.24) is 4.90 Å². The molecule has 0 spiro atoms. The number of nitro benzene ring substituents is 1. The number of para-hydroxylation sites is 2. The van der Waals surface area contributed by atoms with Gasteiger partial charge in [0, 0.05) is 6.07 Å². The van der Waals surface area contributed by atoms with Gasteiger partial charge in [0.2, 0.25) is 0 Å². The topological polar surface area (TPSA) is 136 Å². The molecule has 0 unspecified atom stereocenters. The van der Waals surface area contributed by atoms with Gasteiger partial charge in [0.1, 0.15) is 11.7 Å². The van der Waals surface area contributed by atoms with Gasteiger partial charge in [-0.3, -0.25) is 29.4 Å². The summed E-state index contributed by atoms with van der Waals surface area (Å²) < 4.78 is 4.87. The van der Waals surface area contributed by atoms with Crippen LogP contribution in [0.2, 0.25) is 10.0 Å². The average Bonchev–Trinajstić information content (AvgIpc) is 2.96. The molecule has 0 saturated carbocycles. The van der Waals surface area contributed by atoms with E-state index >= 15 is 0 Å². The van der Waals surface area contributed by atoms with E-state index in [0.29, 0.717) is 4.90 Å². The molecule has 1 heterocycles. The molecule has 0 aromatic heterocycles. The van der Waals surface area contributed by atoms with Gasteiger partial charge in [-0.05, 0) is 25.1 Å². The number of amides is 3. The number of nitrogens with zero attached hydrogens (tertiary/aromatic N) is 2. The first-order valence-corrected chi connectivity index (χ1v) is 9.44. The Kier molecular flexibility index (Phi) is 6.23. The normalized spacial score (nSPS) is 13.6. The smallest absolute Gasteiger partial charge is 0.329 e. The van der Waals surface area contributed by atoms with Gasteiger partial charge in [0.25, 0.3) is 23.4 Å². The number of halogens is 2. The molecule has 2 aromatic carbocycles. The van der Waals surface area contributed by atoms with E-state index in [9.17, 15) is 29.3 Å². The zero-order chi connectivity index (χ0) is 22.9. The number of anilines is 1. The van der Waals surface area contributed by atoms with Gasteiger partial charge in [-0.2, -0.15) is 0 Å². The van der Waals surface area contributed by atoms with Crippen LogP contribution >= 0.6 is 23.2 Å². The van der Waals surface area contributed by atoms with Gasteiger partial charge >= 0.3 is 5.97 Å². The van der Waals surface area contributed by atoms with Crippen molar-refractivity contribution in [2.24, 2.45) is 0 Å². The van der Waals surface area contributed by atoms with Crippen LogP contribution in [0.5, 0.6) is 0 Å². The molecule has 1 N–H and O–H groups in total. The summed E-state index contributed by atoms with van der Waals surface area (Å²) in [6.45, 7) is 0.475. The molecule has 1 aliphatic rings. The predicted octanol–water partition coefficient (Wildman–Crippen LogP) is 3.07. The highest BCUT2D eigenvalue weighted by molar-refractivity contribution is 6.43. The van der Waals surface area contributed by atoms with Gasteiger partial charge in [-0.25, -0.2) is 4.79 Å². The van der Waals surface area contributed by atoms with Crippen molar-refractivity contribution in [2.45, 2.75) is 13.0 Å². The fourth-order valence-electron chi connectivity index (χ4n) is 2.89. The summed E-state index contributed by atoms with van der Waals surface area (Å²) in [5, 5.41) is 13.4. The van der Waals surface area contributed by atoms with Gasteiger partial charge < -0.3 is 10.1 Å². The van der Waals surface area contributed by atoms with Crippen molar-refractivity contribution in [3.05, 3.63) is 67.7 Å². The molecule has 10 nitrogen and oxygen atoms in total. The number of hydrogen-bond acceptors (Lipinski definition) is 7. The zero-order valence-corrected chi connectivity index (χ0v) is 17.3. The van der Waals surface area contributed by atoms with Crippen LogP contribution in [0, 0.1) is 10.1 Å². The lowest BCUT2D eigenvalue weighted by molar-refractivity contribution is -0.383. The maximum absolute atomic E-state index is 12.5. The van der Waals surface area contributed by atoms with Crippen molar-refractivity contribution in [3.63, 3.8) is 0 Å². The Morgan fingerprint density at radius 3 is 2.23 bits per heavy atom. The maximum Gasteiger partial charge on any atom is 0.329 e. The van der Waals surface area contributed by atoms with Gasteiger partial charge in [0.15, 0.2) is 6.61 Å². The van der Waals surface area contributed by atoms with Crippen LogP contribution in [-0.2, 0) is 14.3 Å². The van der Waals surface area contributed by atoms with Gasteiger partial charge in [-0.15, -0.1) is 0 Å². The molecule has 2 aromatic rings. The molecule has 0 saturated heterocycles. The average molecular weight is 466 g/mol. The summed E-state index contributed by atoms with van der Waals surface area (Å²) in [6.07, 6.45) is 0. The van der Waals surface area contributed by atoms with Crippen molar-refractivity contribution < 1.29 is 28.8 Å². The van der Waals surface area contributed by atoms with Crippen LogP contribution in [0.4, 0.5) is 11.4 Å². The third-order valence-corrected chi connectivity index (χ3v) is 5.13. The Morgan fingerprint density at radius 1 is 1.13 bits per heavy atom. The maximum atomic E-state index is 12.5. The van der Waals surface area contributed by atoms with E-state index in [1.54, 1.807) is 0 Å². The number of carbonyl (C=O) groups excluding carboxylic acids is 4.